The van der Waals surface area contributed by atoms with Crippen LogP contribution in [0.5, 0.6) is 5.75 Å². The molecule has 1 aliphatic heterocycles. The van der Waals surface area contributed by atoms with Gasteiger partial charge < -0.3 is 19.9 Å². The molecule has 138 valence electrons. The number of carbonyl (C=O) groups excluding carboxylic acids is 1. The molecule has 1 aromatic carbocycles. The molecule has 0 radical (unpaired) electrons. The fourth-order valence-electron chi connectivity index (χ4n) is 3.27. The molecule has 0 unspecified atom stereocenters. The van der Waals surface area contributed by atoms with Gasteiger partial charge in [-0.15, -0.1) is 11.3 Å². The van der Waals surface area contributed by atoms with Crippen LogP contribution in [0.1, 0.15) is 10.4 Å². The van der Waals surface area contributed by atoms with Crippen molar-refractivity contribution in [3.05, 3.63) is 69.8 Å². The number of piperazine rings is 1. The highest BCUT2D eigenvalue weighted by atomic mass is 32.1. The smallest absolute Gasteiger partial charge is 0.261 e. The van der Waals surface area contributed by atoms with Crippen molar-refractivity contribution < 1.29 is 9.90 Å². The fraction of sp³-hybridized carbons (Fsp3) is 0.200. The lowest BCUT2D eigenvalue weighted by molar-refractivity contribution is 0.0745. The highest BCUT2D eigenvalue weighted by Crippen LogP contribution is 2.27. The third-order valence-corrected chi connectivity index (χ3v) is 5.62. The number of carbonyl (C=O) groups is 1. The molecule has 4 rings (SSSR count). The summed E-state index contributed by atoms with van der Waals surface area (Å²) in [6.07, 6.45) is 0. The van der Waals surface area contributed by atoms with E-state index in [4.69, 9.17) is 0 Å². The third-order valence-electron chi connectivity index (χ3n) is 4.72. The van der Waals surface area contributed by atoms with Crippen molar-refractivity contribution in [1.29, 1.82) is 0 Å². The molecule has 1 aliphatic rings. The Bertz CT molecular complexity index is 1010. The number of phenolic OH excluding ortho intramolecular Hbond substituents is 1. The number of aromatic nitrogens is 1. The summed E-state index contributed by atoms with van der Waals surface area (Å²) in [6, 6.07) is 14.4. The van der Waals surface area contributed by atoms with Gasteiger partial charge in [-0.1, -0.05) is 18.2 Å². The fourth-order valence-corrected chi connectivity index (χ4v) is 3.98. The van der Waals surface area contributed by atoms with Gasteiger partial charge in [-0.05, 0) is 35.7 Å². The van der Waals surface area contributed by atoms with E-state index in [9.17, 15) is 14.7 Å². The Balaban J connectivity index is 1.47. The molecule has 2 aromatic heterocycles. The van der Waals surface area contributed by atoms with Gasteiger partial charge in [0.2, 0.25) is 0 Å². The van der Waals surface area contributed by atoms with Crippen LogP contribution in [-0.4, -0.2) is 47.1 Å². The van der Waals surface area contributed by atoms with E-state index in [-0.39, 0.29) is 22.8 Å². The summed E-state index contributed by atoms with van der Waals surface area (Å²) in [4.78, 5) is 32.7. The number of phenols is 1. The molecule has 27 heavy (non-hydrogen) atoms. The van der Waals surface area contributed by atoms with Crippen molar-refractivity contribution in [2.75, 3.05) is 31.1 Å². The summed E-state index contributed by atoms with van der Waals surface area (Å²) in [6.45, 7) is 2.21. The zero-order valence-corrected chi connectivity index (χ0v) is 15.4. The minimum atomic E-state index is -0.367. The average molecular weight is 381 g/mol. The molecule has 7 heteroatoms. The maximum absolute atomic E-state index is 12.8. The number of pyridine rings is 1. The summed E-state index contributed by atoms with van der Waals surface area (Å²) >= 11 is 1.53. The Morgan fingerprint density at radius 1 is 1.00 bits per heavy atom. The lowest BCUT2D eigenvalue weighted by atomic mass is 10.2. The van der Waals surface area contributed by atoms with E-state index in [0.29, 0.717) is 26.2 Å². The number of nitrogens with one attached hydrogen (secondary N) is 1. The second kappa shape index (κ2) is 7.28. The normalized spacial score (nSPS) is 14.4. The molecule has 2 N–H and O–H groups in total. The molecule has 0 spiro atoms. The number of hydrogen-bond acceptors (Lipinski definition) is 5. The van der Waals surface area contributed by atoms with Crippen LogP contribution < -0.4 is 10.5 Å². The third kappa shape index (κ3) is 3.46. The number of thiophene rings is 1. The lowest BCUT2D eigenvalue weighted by Gasteiger charge is -2.36. The van der Waals surface area contributed by atoms with Crippen LogP contribution in [0.4, 0.5) is 5.69 Å². The summed E-state index contributed by atoms with van der Waals surface area (Å²) < 4.78 is 0. The summed E-state index contributed by atoms with van der Waals surface area (Å²) in [5.41, 5.74) is 1.28. The van der Waals surface area contributed by atoms with Gasteiger partial charge >= 0.3 is 0 Å². The zero-order chi connectivity index (χ0) is 18.8. The second-order valence-electron chi connectivity index (χ2n) is 6.36. The molecule has 0 aliphatic carbocycles. The zero-order valence-electron chi connectivity index (χ0n) is 14.6. The molecule has 1 fully saturated rings. The number of para-hydroxylation sites is 2. The average Bonchev–Trinajstić information content (AvgIpc) is 3.23. The number of aromatic hydroxyl groups is 1. The van der Waals surface area contributed by atoms with Gasteiger partial charge in [0.1, 0.15) is 11.3 Å². The number of hydrogen-bond donors (Lipinski definition) is 2. The van der Waals surface area contributed by atoms with Crippen molar-refractivity contribution >= 4 is 22.9 Å². The van der Waals surface area contributed by atoms with Crippen molar-refractivity contribution in [3.8, 4) is 16.3 Å². The van der Waals surface area contributed by atoms with Crippen molar-refractivity contribution in [2.24, 2.45) is 0 Å². The molecule has 0 bridgehead atoms. The second-order valence-corrected chi connectivity index (χ2v) is 7.31. The SMILES string of the molecule is O=C(c1ccc(-c2cccs2)[nH]c1=O)N1CCN(c2ccccc2O)CC1. The molecule has 1 saturated heterocycles. The van der Waals surface area contributed by atoms with E-state index < -0.39 is 0 Å². The van der Waals surface area contributed by atoms with E-state index in [0.717, 1.165) is 16.3 Å². The summed E-state index contributed by atoms with van der Waals surface area (Å²) in [5.74, 6) is -0.0243. The van der Waals surface area contributed by atoms with E-state index in [1.54, 1.807) is 29.2 Å². The largest absolute Gasteiger partial charge is 0.506 e. The van der Waals surface area contributed by atoms with Crippen LogP contribution in [-0.2, 0) is 0 Å². The highest BCUT2D eigenvalue weighted by molar-refractivity contribution is 7.13. The Hall–Kier alpha value is -3.06. The Morgan fingerprint density at radius 3 is 2.44 bits per heavy atom. The van der Waals surface area contributed by atoms with Crippen LogP contribution >= 0.6 is 11.3 Å². The summed E-state index contributed by atoms with van der Waals surface area (Å²) in [5, 5.41) is 11.9. The first-order valence-corrected chi connectivity index (χ1v) is 9.61. The first-order valence-electron chi connectivity index (χ1n) is 8.73. The molecular weight excluding hydrogens is 362 g/mol. The van der Waals surface area contributed by atoms with Crippen LogP contribution in [0.25, 0.3) is 10.6 Å². The van der Waals surface area contributed by atoms with Crippen LogP contribution in [0.15, 0.2) is 58.7 Å². The number of H-pyrrole nitrogens is 1. The standard InChI is InChI=1S/C20H19N3O3S/c24-17-5-2-1-4-16(17)22-9-11-23(12-10-22)20(26)14-7-8-15(21-19(14)25)18-6-3-13-27-18/h1-8,13,24H,9-12H2,(H,21,25). The van der Waals surface area contributed by atoms with Gasteiger partial charge in [0.25, 0.3) is 11.5 Å². The first kappa shape index (κ1) is 17.4. The van der Waals surface area contributed by atoms with Crippen LogP contribution in [0.2, 0.25) is 0 Å². The maximum Gasteiger partial charge on any atom is 0.261 e. The number of rotatable bonds is 3. The predicted molar refractivity (Wildman–Crippen MR) is 107 cm³/mol. The van der Waals surface area contributed by atoms with Crippen molar-refractivity contribution in [3.63, 3.8) is 0 Å². The van der Waals surface area contributed by atoms with Crippen LogP contribution in [0, 0.1) is 0 Å². The molecule has 3 heterocycles. The summed E-state index contributed by atoms with van der Waals surface area (Å²) in [7, 11) is 0. The molecule has 1 amide bonds. The van der Waals surface area contributed by atoms with Gasteiger partial charge in [0, 0.05) is 26.2 Å². The van der Waals surface area contributed by atoms with Gasteiger partial charge in [-0.2, -0.15) is 0 Å². The number of anilines is 1. The first-order chi connectivity index (χ1) is 13.1. The highest BCUT2D eigenvalue weighted by Gasteiger charge is 2.25. The van der Waals surface area contributed by atoms with E-state index >= 15 is 0 Å². The van der Waals surface area contributed by atoms with Crippen molar-refractivity contribution in [1.82, 2.24) is 9.88 Å². The minimum absolute atomic E-state index is 0.159. The Labute approximate surface area is 160 Å². The topological polar surface area (TPSA) is 76.6 Å². The molecule has 3 aromatic rings. The number of nitrogens with zero attached hydrogens (tertiary/aromatic N) is 2. The predicted octanol–water partition coefficient (Wildman–Crippen LogP) is 2.77. The van der Waals surface area contributed by atoms with Crippen molar-refractivity contribution in [2.45, 2.75) is 0 Å². The molecule has 0 atom stereocenters. The van der Waals surface area contributed by atoms with E-state index in [1.165, 1.54) is 11.3 Å². The number of benzene rings is 1. The van der Waals surface area contributed by atoms with Crippen LogP contribution in [0.3, 0.4) is 0 Å². The minimum Gasteiger partial charge on any atom is -0.506 e. The van der Waals surface area contributed by atoms with Gasteiger partial charge in [0.15, 0.2) is 0 Å². The van der Waals surface area contributed by atoms with E-state index in [2.05, 4.69) is 4.98 Å². The van der Waals surface area contributed by atoms with Gasteiger partial charge in [-0.3, -0.25) is 9.59 Å². The van der Waals surface area contributed by atoms with Gasteiger partial charge in [-0.25, -0.2) is 0 Å². The van der Waals surface area contributed by atoms with Gasteiger partial charge in [0.05, 0.1) is 16.3 Å². The Morgan fingerprint density at radius 2 is 1.78 bits per heavy atom. The van der Waals surface area contributed by atoms with E-state index in [1.807, 2.05) is 34.5 Å². The molecular formula is C20H19N3O3S. The molecule has 0 saturated carbocycles. The number of amides is 1. The lowest BCUT2D eigenvalue weighted by Crippen LogP contribution is -2.49. The monoisotopic (exact) mass is 381 g/mol. The molecule has 6 nitrogen and oxygen atoms in total. The maximum atomic E-state index is 12.8. The Kier molecular flexibility index (Phi) is 4.68. The number of aromatic amines is 1. The quantitative estimate of drug-likeness (QED) is 0.731.